The molecule has 0 saturated carbocycles. The normalized spacial score (nSPS) is 17.3. The average Bonchev–Trinajstić information content (AvgIpc) is 3.15. The van der Waals surface area contributed by atoms with E-state index < -0.39 is 0 Å². The zero-order chi connectivity index (χ0) is 15.8. The van der Waals surface area contributed by atoms with Gasteiger partial charge in [-0.2, -0.15) is 0 Å². The molecule has 4 rings (SSSR count). The van der Waals surface area contributed by atoms with Crippen molar-refractivity contribution >= 4 is 37.7 Å². The smallest absolute Gasteiger partial charge is 0.0845 e. The molecular weight excluding hydrogens is 352 g/mol. The highest BCUT2D eigenvalue weighted by molar-refractivity contribution is 9.10. The van der Waals surface area contributed by atoms with Gasteiger partial charge in [-0.1, -0.05) is 34.1 Å². The molecule has 23 heavy (non-hydrogen) atoms. The Morgan fingerprint density at radius 1 is 0.957 bits per heavy atom. The molecule has 120 valence electrons. The Hall–Kier alpha value is -1.36. The van der Waals surface area contributed by atoms with Crippen LogP contribution in [0, 0.1) is 0 Å². The summed E-state index contributed by atoms with van der Waals surface area (Å²) in [7, 11) is 0. The van der Waals surface area contributed by atoms with Gasteiger partial charge in [-0.15, -0.1) is 0 Å². The zero-order valence-electron chi connectivity index (χ0n) is 13.1. The molecule has 4 heteroatoms. The molecule has 1 atom stereocenters. The van der Waals surface area contributed by atoms with Crippen LogP contribution in [0.2, 0.25) is 0 Å². The second-order valence-electron chi connectivity index (χ2n) is 6.45. The van der Waals surface area contributed by atoms with Crippen LogP contribution in [-0.4, -0.2) is 40.3 Å². The Morgan fingerprint density at radius 3 is 2.52 bits per heavy atom. The lowest BCUT2D eigenvalue weighted by atomic mass is 10.2. The predicted octanol–water partition coefficient (Wildman–Crippen LogP) is 4.01. The molecule has 1 unspecified atom stereocenters. The molecular formula is C19H21BrN2O. The number of halogens is 1. The minimum absolute atomic E-state index is 0.337. The van der Waals surface area contributed by atoms with Gasteiger partial charge >= 0.3 is 0 Å². The molecule has 3 aromatic rings. The van der Waals surface area contributed by atoms with Crippen LogP contribution in [0.5, 0.6) is 0 Å². The van der Waals surface area contributed by atoms with Crippen molar-refractivity contribution < 1.29 is 5.11 Å². The van der Waals surface area contributed by atoms with E-state index in [0.29, 0.717) is 6.54 Å². The fraction of sp³-hybridized carbons (Fsp3) is 0.368. The van der Waals surface area contributed by atoms with Gasteiger partial charge < -0.3 is 14.6 Å². The monoisotopic (exact) mass is 372 g/mol. The van der Waals surface area contributed by atoms with Gasteiger partial charge in [0.2, 0.25) is 0 Å². The first-order valence-corrected chi connectivity index (χ1v) is 9.08. The highest BCUT2D eigenvalue weighted by atomic mass is 79.9. The Labute approximate surface area is 144 Å². The van der Waals surface area contributed by atoms with Crippen molar-refractivity contribution in [2.24, 2.45) is 0 Å². The number of nitrogens with zero attached hydrogens (tertiary/aromatic N) is 2. The third-order valence-corrected chi connectivity index (χ3v) is 5.29. The van der Waals surface area contributed by atoms with E-state index in [4.69, 9.17) is 0 Å². The molecule has 3 nitrogen and oxygen atoms in total. The van der Waals surface area contributed by atoms with E-state index in [1.807, 2.05) is 0 Å². The predicted molar refractivity (Wildman–Crippen MR) is 98.8 cm³/mol. The fourth-order valence-electron chi connectivity index (χ4n) is 3.75. The molecule has 1 aliphatic rings. The summed E-state index contributed by atoms with van der Waals surface area (Å²) in [6, 6.07) is 14.8. The molecule has 1 fully saturated rings. The first kappa shape index (κ1) is 15.2. The summed E-state index contributed by atoms with van der Waals surface area (Å²) in [4.78, 5) is 2.37. The van der Waals surface area contributed by atoms with Gasteiger partial charge in [0.15, 0.2) is 0 Å². The summed E-state index contributed by atoms with van der Waals surface area (Å²) in [5, 5.41) is 13.1. The molecule has 2 heterocycles. The van der Waals surface area contributed by atoms with Crippen molar-refractivity contribution in [3.05, 3.63) is 46.9 Å². The fourth-order valence-corrected chi connectivity index (χ4v) is 4.12. The summed E-state index contributed by atoms with van der Waals surface area (Å²) in [5.74, 6) is 0. The molecule has 1 aliphatic heterocycles. The standard InChI is InChI=1S/C19H21BrN2O/c20-14-7-8-19-17(11-14)16-5-1-2-6-18(16)22(19)13-15(23)12-21-9-3-4-10-21/h1-2,5-8,11,15,23H,3-4,9-10,12-13H2. The lowest BCUT2D eigenvalue weighted by molar-refractivity contribution is 0.111. The number of aliphatic hydroxyl groups excluding tert-OH is 1. The van der Waals surface area contributed by atoms with Crippen molar-refractivity contribution in [2.75, 3.05) is 19.6 Å². The third kappa shape index (κ3) is 2.91. The number of aromatic nitrogens is 1. The molecule has 1 saturated heterocycles. The molecule has 1 N–H and O–H groups in total. The topological polar surface area (TPSA) is 28.4 Å². The van der Waals surface area contributed by atoms with E-state index in [9.17, 15) is 5.11 Å². The van der Waals surface area contributed by atoms with E-state index in [2.05, 4.69) is 67.9 Å². The largest absolute Gasteiger partial charge is 0.390 e. The Balaban J connectivity index is 1.72. The number of fused-ring (bicyclic) bond motifs is 3. The Kier molecular flexibility index (Phi) is 4.14. The van der Waals surface area contributed by atoms with Gasteiger partial charge in [0.1, 0.15) is 0 Å². The second kappa shape index (κ2) is 6.27. The summed E-state index contributed by atoms with van der Waals surface area (Å²) >= 11 is 3.57. The van der Waals surface area contributed by atoms with Gasteiger partial charge in [-0.25, -0.2) is 0 Å². The van der Waals surface area contributed by atoms with E-state index in [0.717, 1.165) is 24.1 Å². The second-order valence-corrected chi connectivity index (χ2v) is 7.37. The molecule has 0 spiro atoms. The van der Waals surface area contributed by atoms with Crippen molar-refractivity contribution in [1.82, 2.24) is 9.47 Å². The Bertz CT molecular complexity index is 836. The van der Waals surface area contributed by atoms with E-state index in [-0.39, 0.29) is 6.10 Å². The molecule has 0 aliphatic carbocycles. The summed E-state index contributed by atoms with van der Waals surface area (Å²) in [5.41, 5.74) is 2.39. The minimum Gasteiger partial charge on any atom is -0.390 e. The first-order chi connectivity index (χ1) is 11.2. The van der Waals surface area contributed by atoms with Crippen molar-refractivity contribution in [2.45, 2.75) is 25.5 Å². The third-order valence-electron chi connectivity index (χ3n) is 4.80. The van der Waals surface area contributed by atoms with Crippen LogP contribution in [0.25, 0.3) is 21.8 Å². The number of rotatable bonds is 4. The number of β-amino-alcohol motifs (C(OH)–C–C–N with tert-alkyl or cyclic N) is 1. The number of hydrogen-bond donors (Lipinski definition) is 1. The van der Waals surface area contributed by atoms with Crippen LogP contribution in [0.3, 0.4) is 0 Å². The summed E-state index contributed by atoms with van der Waals surface area (Å²) in [6.07, 6.45) is 2.18. The maximum absolute atomic E-state index is 10.6. The van der Waals surface area contributed by atoms with E-state index >= 15 is 0 Å². The van der Waals surface area contributed by atoms with Gasteiger partial charge in [0, 0.05) is 32.8 Å². The van der Waals surface area contributed by atoms with Crippen molar-refractivity contribution in [1.29, 1.82) is 0 Å². The maximum atomic E-state index is 10.6. The maximum Gasteiger partial charge on any atom is 0.0845 e. The van der Waals surface area contributed by atoms with E-state index in [1.165, 1.54) is 34.6 Å². The van der Waals surface area contributed by atoms with Gasteiger partial charge in [-0.3, -0.25) is 0 Å². The van der Waals surface area contributed by atoms with Crippen molar-refractivity contribution in [3.8, 4) is 0 Å². The number of benzene rings is 2. The average molecular weight is 373 g/mol. The first-order valence-electron chi connectivity index (χ1n) is 8.29. The molecule has 0 bridgehead atoms. The lowest BCUT2D eigenvalue weighted by Crippen LogP contribution is -2.32. The van der Waals surface area contributed by atoms with Crippen LogP contribution in [-0.2, 0) is 6.54 Å². The molecule has 0 amide bonds. The Morgan fingerprint density at radius 2 is 1.70 bits per heavy atom. The minimum atomic E-state index is -0.337. The molecule has 0 radical (unpaired) electrons. The quantitative estimate of drug-likeness (QED) is 0.749. The number of hydrogen-bond acceptors (Lipinski definition) is 2. The van der Waals surface area contributed by atoms with Gasteiger partial charge in [-0.05, 0) is 50.2 Å². The molecule has 1 aromatic heterocycles. The van der Waals surface area contributed by atoms with Gasteiger partial charge in [0.05, 0.1) is 12.6 Å². The molecule has 2 aromatic carbocycles. The lowest BCUT2D eigenvalue weighted by Gasteiger charge is -2.20. The van der Waals surface area contributed by atoms with Crippen molar-refractivity contribution in [3.63, 3.8) is 0 Å². The highest BCUT2D eigenvalue weighted by Crippen LogP contribution is 2.31. The van der Waals surface area contributed by atoms with Crippen LogP contribution in [0.4, 0.5) is 0 Å². The van der Waals surface area contributed by atoms with Crippen LogP contribution in [0.1, 0.15) is 12.8 Å². The number of para-hydroxylation sites is 1. The highest BCUT2D eigenvalue weighted by Gasteiger charge is 2.18. The zero-order valence-corrected chi connectivity index (χ0v) is 14.7. The summed E-state index contributed by atoms with van der Waals surface area (Å²) < 4.78 is 3.35. The number of aliphatic hydroxyl groups is 1. The van der Waals surface area contributed by atoms with Crippen LogP contribution in [0.15, 0.2) is 46.9 Å². The van der Waals surface area contributed by atoms with Crippen LogP contribution < -0.4 is 0 Å². The van der Waals surface area contributed by atoms with Crippen LogP contribution >= 0.6 is 15.9 Å². The SMILES string of the molecule is OC(CN1CCCC1)Cn1c2ccccc2c2cc(Br)ccc21. The number of likely N-dealkylation sites (tertiary alicyclic amines) is 1. The van der Waals surface area contributed by atoms with Gasteiger partial charge in [0.25, 0.3) is 0 Å². The summed E-state index contributed by atoms with van der Waals surface area (Å²) in [6.45, 7) is 3.65. The van der Waals surface area contributed by atoms with E-state index in [1.54, 1.807) is 0 Å².